The lowest BCUT2D eigenvalue weighted by Crippen LogP contribution is -2.49. The third-order valence-electron chi connectivity index (χ3n) is 26.7. The summed E-state index contributed by atoms with van der Waals surface area (Å²) >= 11 is 0. The van der Waals surface area contributed by atoms with Crippen LogP contribution in [0.1, 0.15) is 185 Å². The molecule has 672 valence electrons. The normalized spacial score (nSPS) is 28.7. The summed E-state index contributed by atoms with van der Waals surface area (Å²) < 4.78 is 174. The number of rotatable bonds is 24. The van der Waals surface area contributed by atoms with Crippen molar-refractivity contribution >= 4 is 100 Å². The van der Waals surface area contributed by atoms with E-state index >= 15 is 9.59 Å². The molecule has 12 rings (SSSR count). The van der Waals surface area contributed by atoms with Crippen LogP contribution in [0.5, 0.6) is 23.3 Å². The number of nitrogens with one attached hydrogen (secondary N) is 2. The van der Waals surface area contributed by atoms with Crippen molar-refractivity contribution in [2.75, 3.05) is 78.6 Å². The van der Waals surface area contributed by atoms with Gasteiger partial charge in [-0.2, -0.15) is 9.97 Å². The lowest BCUT2D eigenvalue weighted by Gasteiger charge is -2.34. The van der Waals surface area contributed by atoms with Crippen LogP contribution in [0.25, 0.3) is 21.5 Å². The molecule has 2 aromatic heterocycles. The third kappa shape index (κ3) is 20.1. The molecule has 0 radical (unpaired) electrons. The first-order chi connectivity index (χ1) is 56.9. The minimum absolute atomic E-state index is 0.0331. The van der Waals surface area contributed by atoms with E-state index in [9.17, 15) is 71.9 Å². The van der Waals surface area contributed by atoms with Gasteiger partial charge in [0.05, 0.1) is 74.9 Å². The number of carbonyl (C=O) groups excluding carboxylic acids is 8. The molecule has 2 N–H and O–H groups in total. The summed E-state index contributed by atoms with van der Waals surface area (Å²) in [5.41, 5.74) is -7.30. The Morgan fingerprint density at radius 2 is 0.893 bits per heavy atom. The average Bonchev–Trinajstić information content (AvgIpc) is 1.56. The monoisotopic (exact) mass is 1750 g/mol. The van der Waals surface area contributed by atoms with E-state index in [0.29, 0.717) is 86.3 Å². The van der Waals surface area contributed by atoms with Crippen LogP contribution in [0.3, 0.4) is 0 Å². The number of sulfonamides is 2. The number of allylic oxidation sites excluding steroid dienone is 4. The van der Waals surface area contributed by atoms with Gasteiger partial charge in [-0.1, -0.05) is 52.0 Å². The van der Waals surface area contributed by atoms with E-state index in [1.54, 1.807) is 48.3 Å². The van der Waals surface area contributed by atoms with Crippen molar-refractivity contribution in [3.63, 3.8) is 0 Å². The summed E-state index contributed by atoms with van der Waals surface area (Å²) in [6.07, 6.45) is 7.91. The number of ketones is 2. The van der Waals surface area contributed by atoms with E-state index in [1.165, 1.54) is 9.80 Å². The first kappa shape index (κ1) is 93.9. The molecule has 6 heterocycles. The molecule has 4 saturated carbocycles. The molecule has 2 saturated heterocycles. The number of fused-ring (bicyclic) bond motifs is 6. The number of amides is 4. The molecule has 2 aromatic carbocycles. The van der Waals surface area contributed by atoms with Crippen molar-refractivity contribution in [1.29, 1.82) is 0 Å². The maximum absolute atomic E-state index is 15.0. The maximum atomic E-state index is 15.0. The molecule has 4 amide bonds. The number of esters is 2. The molecule has 8 aliphatic rings. The first-order valence-corrected chi connectivity index (χ1v) is 45.0. The molecule has 0 bridgehead atoms. The fourth-order valence-corrected chi connectivity index (χ4v) is 20.2. The summed E-state index contributed by atoms with van der Waals surface area (Å²) in [4.78, 5) is 130. The van der Waals surface area contributed by atoms with Gasteiger partial charge in [0.25, 0.3) is 11.8 Å². The van der Waals surface area contributed by atoms with Gasteiger partial charge in [-0.05, 0) is 200 Å². The summed E-state index contributed by atoms with van der Waals surface area (Å²) in [5, 5.41) is 2.79. The molecule has 14 atom stereocenters. The number of aromatic nitrogens is 2. The fraction of sp³-hybridized carbons (Fsp3) is 0.659. The topological polar surface area (TPSA) is 323 Å². The van der Waals surface area contributed by atoms with Crippen molar-refractivity contribution in [2.45, 2.75) is 242 Å². The second kappa shape index (κ2) is 35.7. The maximum Gasteiger partial charge on any atom is 0.307 e. The summed E-state index contributed by atoms with van der Waals surface area (Å²) in [5.74, 6) is -13.9. The van der Waals surface area contributed by atoms with Gasteiger partial charge in [0.2, 0.25) is 55.4 Å². The Hall–Kier alpha value is -8.82. The van der Waals surface area contributed by atoms with Crippen LogP contribution in [0.15, 0.2) is 72.8 Å². The van der Waals surface area contributed by atoms with E-state index in [0.717, 1.165) is 38.5 Å². The number of hydrogen-bond acceptors (Lipinski definition) is 22. The van der Waals surface area contributed by atoms with Crippen molar-refractivity contribution < 1.29 is 110 Å². The first-order valence-electron chi connectivity index (χ1n) is 42.0. The number of nitrogens with zero attached hydrogens (tertiary/aromatic N) is 6. The lowest BCUT2D eigenvalue weighted by atomic mass is 9.82. The summed E-state index contributed by atoms with van der Waals surface area (Å²) in [7, 11) is 1.56. The van der Waals surface area contributed by atoms with Crippen LogP contribution in [-0.2, 0) is 67.9 Å². The zero-order valence-corrected chi connectivity index (χ0v) is 74.2. The molecular formula is C88H118F6N8O18S2. The summed E-state index contributed by atoms with van der Waals surface area (Å²) in [6, 6.07) is 12.1. The van der Waals surface area contributed by atoms with Crippen LogP contribution < -0.4 is 38.2 Å². The zero-order valence-electron chi connectivity index (χ0n) is 72.5. The number of carbonyl (C=O) groups is 8. The lowest BCUT2D eigenvalue weighted by molar-refractivity contribution is -0.197. The number of benzene rings is 2. The molecule has 26 nitrogen and oxygen atoms in total. The van der Waals surface area contributed by atoms with E-state index in [4.69, 9.17) is 38.4 Å². The largest absolute Gasteiger partial charge is 0.497 e. The van der Waals surface area contributed by atoms with E-state index in [2.05, 4.69) is 9.44 Å². The Morgan fingerprint density at radius 1 is 0.541 bits per heavy atom. The van der Waals surface area contributed by atoms with E-state index in [-0.39, 0.29) is 88.1 Å². The SMILES string of the molecule is COc1ccc2c(O[C@@H]3C[C@H]4C(=O)C[C@]5(C(=O)NS(=O)(=O)C6(CF)CC6)C[C@H]5/C=C\CC[C@@H](C)C[C@@H](C)[C@H](CC(=O)OC(C)(C)C(C)(F)F)C(=O)N4C3)nc(N(C)C)cc2c1.COc1ccc2c(O[C@@H]3C[C@H]4C(=O)C[C@]5(C(=O)NS(=O)(=O)C6(CF)CC6)C[C@H]5/C=C\CC[C@H](C)C[C@@H](C)[C@H](CC(=O)OC(C)(C)C(C)(F)F)C(=O)N4C3)nc(N(C)C)cc2c1. The van der Waals surface area contributed by atoms with Crippen LogP contribution >= 0.6 is 0 Å². The molecule has 6 fully saturated rings. The van der Waals surface area contributed by atoms with Crippen LogP contribution in [-0.4, -0.2) is 209 Å². The number of anilines is 2. The predicted octanol–water partition coefficient (Wildman–Crippen LogP) is 13.1. The highest BCUT2D eigenvalue weighted by Gasteiger charge is 2.66. The van der Waals surface area contributed by atoms with E-state index < -0.39 is 209 Å². The van der Waals surface area contributed by atoms with Crippen molar-refractivity contribution in [3.8, 4) is 23.3 Å². The van der Waals surface area contributed by atoms with Crippen molar-refractivity contribution in [2.24, 2.45) is 58.2 Å². The number of ether oxygens (including phenoxy) is 6. The molecule has 4 aliphatic heterocycles. The van der Waals surface area contributed by atoms with Gasteiger partial charge < -0.3 is 48.0 Å². The van der Waals surface area contributed by atoms with Crippen molar-refractivity contribution in [1.82, 2.24) is 29.2 Å². The minimum atomic E-state index is -4.40. The number of pyridine rings is 2. The third-order valence-corrected chi connectivity index (χ3v) is 30.9. The van der Waals surface area contributed by atoms with Gasteiger partial charge in [0, 0.05) is 78.5 Å². The standard InChI is InChI=1S/2C44H59F3N4O9S/c2*1-26-11-9-10-12-29-22-44(29,40(55)49-61(56,57)43(25-45)15-16-43)23-35(52)34-20-31(59-38-32-14-13-30(58-8)18-28(32)19-36(48-38)50(6)7)24-51(34)39(54)33(27(2)17-26)21-37(53)60-41(3,4)42(5,46)47/h2*10,12-14,18-19,26-27,29,31,33-34H,9,11,15-17,20-25H2,1-8H3,(H,49,55)/b2*12-10-/t26-,27+,29+,31+,33-,34-,44+;26-,27-,29-,31-,33+,34+,44-/m01/s1. The number of halogens is 6. The molecule has 34 heteroatoms. The van der Waals surface area contributed by atoms with Crippen LogP contribution in [0, 0.1) is 58.2 Å². The molecule has 0 spiro atoms. The number of alkyl halides is 6. The van der Waals surface area contributed by atoms with Crippen LogP contribution in [0.2, 0.25) is 0 Å². The number of Topliss-reactive ketones (excluding diaryl/α,β-unsaturated/α-hetero) is 2. The summed E-state index contributed by atoms with van der Waals surface area (Å²) in [6.45, 7) is 10.8. The molecule has 4 aromatic rings. The Labute approximate surface area is 710 Å². The average molecular weight is 1750 g/mol. The number of hydrogen-bond donors (Lipinski definition) is 2. The molecule has 0 unspecified atom stereocenters. The van der Waals surface area contributed by atoms with Gasteiger partial charge in [-0.15, -0.1) is 0 Å². The van der Waals surface area contributed by atoms with Gasteiger partial charge in [-0.25, -0.2) is 43.2 Å². The van der Waals surface area contributed by atoms with Gasteiger partial charge in [0.15, 0.2) is 22.8 Å². The fourth-order valence-electron chi connectivity index (χ4n) is 17.3. The highest BCUT2D eigenvalue weighted by Crippen LogP contribution is 2.60. The molecule has 122 heavy (non-hydrogen) atoms. The van der Waals surface area contributed by atoms with Crippen molar-refractivity contribution in [3.05, 3.63) is 72.8 Å². The zero-order chi connectivity index (χ0) is 89.7. The highest BCUT2D eigenvalue weighted by molar-refractivity contribution is 7.92. The predicted molar refractivity (Wildman–Crippen MR) is 445 cm³/mol. The van der Waals surface area contributed by atoms with Gasteiger partial charge in [-0.3, -0.25) is 47.8 Å². The Kier molecular flexibility index (Phi) is 27.4. The molecule has 4 aliphatic carbocycles. The molecular weight excluding hydrogens is 1640 g/mol. The highest BCUT2D eigenvalue weighted by atomic mass is 32.2. The van der Waals surface area contributed by atoms with Crippen LogP contribution in [0.4, 0.5) is 38.0 Å². The minimum Gasteiger partial charge on any atom is -0.497 e. The smallest absolute Gasteiger partial charge is 0.307 e. The quantitative estimate of drug-likeness (QED) is 0.0374. The number of methoxy groups -OCH3 is 2. The second-order valence-electron chi connectivity index (χ2n) is 37.2. The van der Waals surface area contributed by atoms with Gasteiger partial charge >= 0.3 is 11.9 Å². The Bertz CT molecular complexity index is 4650. The Morgan fingerprint density at radius 3 is 1.20 bits per heavy atom. The van der Waals surface area contributed by atoms with Gasteiger partial charge in [0.1, 0.15) is 58.2 Å². The second-order valence-corrected chi connectivity index (χ2v) is 41.4. The Balaban J connectivity index is 0.000000238. The van der Waals surface area contributed by atoms with E-state index in [1.807, 2.05) is 104 Å².